The Balaban J connectivity index is 0.934. The molecule has 4 fully saturated rings. The Labute approximate surface area is 275 Å². The topological polar surface area (TPSA) is 151 Å². The molecule has 0 radical (unpaired) electrons. The molecule has 3 N–H and O–H groups in total. The Morgan fingerprint density at radius 2 is 1.64 bits per heavy atom. The van der Waals surface area contributed by atoms with Crippen LogP contribution in [0.1, 0.15) is 78.5 Å². The molecule has 4 amide bonds. The van der Waals surface area contributed by atoms with Gasteiger partial charge in [0, 0.05) is 89.5 Å². The van der Waals surface area contributed by atoms with Gasteiger partial charge in [0.25, 0.3) is 11.8 Å². The second kappa shape index (κ2) is 14.7. The maximum Gasteiger partial charge on any atom is 0.258 e. The van der Waals surface area contributed by atoms with E-state index in [0.717, 1.165) is 77.2 Å². The molecule has 1 aromatic carbocycles. The average Bonchev–Trinajstić information content (AvgIpc) is 3.09. The number of nitrogens with zero attached hydrogens (tertiary/aromatic N) is 6. The van der Waals surface area contributed by atoms with Crippen LogP contribution < -0.4 is 20.4 Å². The van der Waals surface area contributed by atoms with Crippen LogP contribution >= 0.6 is 0 Å². The number of piperazine rings is 1. The van der Waals surface area contributed by atoms with E-state index in [2.05, 4.69) is 35.3 Å². The van der Waals surface area contributed by atoms with Gasteiger partial charge in [-0.3, -0.25) is 29.4 Å². The third-order valence-corrected chi connectivity index (χ3v) is 10.2. The van der Waals surface area contributed by atoms with E-state index in [-0.39, 0.29) is 42.0 Å². The number of carbonyl (C=O) groups is 4. The first kappa shape index (κ1) is 32.7. The number of aromatic nitrogens is 2. The zero-order valence-electron chi connectivity index (χ0n) is 27.2. The lowest BCUT2D eigenvalue weighted by atomic mass is 9.95. The van der Waals surface area contributed by atoms with Crippen molar-refractivity contribution >= 4 is 35.3 Å². The van der Waals surface area contributed by atoms with Crippen molar-refractivity contribution in [2.45, 2.75) is 69.9 Å². The Hall–Kier alpha value is -4.26. The van der Waals surface area contributed by atoms with Crippen molar-refractivity contribution in [3.8, 4) is 5.75 Å². The van der Waals surface area contributed by atoms with Crippen LogP contribution in [0, 0.1) is 5.92 Å². The molecule has 4 heterocycles. The van der Waals surface area contributed by atoms with Gasteiger partial charge in [0.2, 0.25) is 17.8 Å². The first-order chi connectivity index (χ1) is 22.7. The van der Waals surface area contributed by atoms with Gasteiger partial charge in [-0.15, -0.1) is 0 Å². The number of piperidine rings is 2. The summed E-state index contributed by atoms with van der Waals surface area (Å²) in [6.45, 7) is 6.27. The number of imide groups is 1. The summed E-state index contributed by atoms with van der Waals surface area (Å²) in [7, 11) is 1.52. The standard InChI is InChI=1S/C34H46N8O5/c1-39(28-9-10-30(44)38-32(28)46)33(47)27-8-7-26(19-29(27)43)41-17-15-40(16-18-41)22-23-11-13-42(14-12-23)34-35-20-24(21-36-34)31(45)37-25-5-3-2-4-6-25/h7-8,19-21,23,25,28,43H,2-6,9-18,22H2,1H3,(H,37,45)(H,38,44,46). The number of rotatable bonds is 8. The van der Waals surface area contributed by atoms with Gasteiger partial charge in [-0.2, -0.15) is 0 Å². The van der Waals surface area contributed by atoms with Crippen LogP contribution in [0.3, 0.4) is 0 Å². The molecule has 1 aromatic heterocycles. The molecule has 0 bridgehead atoms. The minimum atomic E-state index is -0.746. The Morgan fingerprint density at radius 3 is 2.30 bits per heavy atom. The second-order valence-electron chi connectivity index (χ2n) is 13.4. The number of phenols is 1. The fourth-order valence-corrected chi connectivity index (χ4v) is 7.27. The summed E-state index contributed by atoms with van der Waals surface area (Å²) in [6.07, 6.45) is 11.6. The predicted octanol–water partition coefficient (Wildman–Crippen LogP) is 2.16. The van der Waals surface area contributed by atoms with Gasteiger partial charge in [-0.1, -0.05) is 19.3 Å². The minimum Gasteiger partial charge on any atom is -0.507 e. The lowest BCUT2D eigenvalue weighted by Gasteiger charge is -2.39. The van der Waals surface area contributed by atoms with Crippen LogP contribution in [0.15, 0.2) is 30.6 Å². The van der Waals surface area contributed by atoms with E-state index < -0.39 is 17.9 Å². The first-order valence-corrected chi connectivity index (χ1v) is 17.0. The molecule has 1 atom stereocenters. The molecule has 252 valence electrons. The van der Waals surface area contributed by atoms with Crippen molar-refractivity contribution in [1.29, 1.82) is 0 Å². The van der Waals surface area contributed by atoms with E-state index >= 15 is 0 Å². The molecule has 4 aliphatic rings. The van der Waals surface area contributed by atoms with Gasteiger partial charge >= 0.3 is 0 Å². The number of carbonyl (C=O) groups excluding carboxylic acids is 4. The smallest absolute Gasteiger partial charge is 0.258 e. The third-order valence-electron chi connectivity index (χ3n) is 10.2. The highest BCUT2D eigenvalue weighted by molar-refractivity contribution is 6.04. The Kier molecular flexibility index (Phi) is 10.2. The molecular formula is C34H46N8O5. The Bertz CT molecular complexity index is 1450. The highest BCUT2D eigenvalue weighted by Gasteiger charge is 2.33. The van der Waals surface area contributed by atoms with Crippen LogP contribution in [-0.2, 0) is 9.59 Å². The molecule has 47 heavy (non-hydrogen) atoms. The van der Waals surface area contributed by atoms with E-state index in [1.807, 2.05) is 6.07 Å². The van der Waals surface area contributed by atoms with Crippen LogP contribution in [0.4, 0.5) is 11.6 Å². The molecule has 0 spiro atoms. The number of hydrogen-bond acceptors (Lipinski definition) is 10. The molecule has 13 nitrogen and oxygen atoms in total. The lowest BCUT2D eigenvalue weighted by molar-refractivity contribution is -0.136. The van der Waals surface area contributed by atoms with Gasteiger partial charge in [0.1, 0.15) is 11.8 Å². The van der Waals surface area contributed by atoms with Crippen LogP contribution in [0.2, 0.25) is 0 Å². The molecule has 13 heteroatoms. The molecule has 1 saturated carbocycles. The third kappa shape index (κ3) is 7.83. The summed E-state index contributed by atoms with van der Waals surface area (Å²) in [5.41, 5.74) is 1.51. The van der Waals surface area contributed by atoms with Crippen molar-refractivity contribution in [2.24, 2.45) is 5.92 Å². The zero-order valence-corrected chi connectivity index (χ0v) is 27.2. The zero-order chi connectivity index (χ0) is 32.9. The molecule has 2 aromatic rings. The van der Waals surface area contributed by atoms with Crippen molar-refractivity contribution in [3.63, 3.8) is 0 Å². The summed E-state index contributed by atoms with van der Waals surface area (Å²) in [5.74, 6) is -0.218. The van der Waals surface area contributed by atoms with E-state index in [1.54, 1.807) is 24.5 Å². The predicted molar refractivity (Wildman–Crippen MR) is 176 cm³/mol. The number of benzene rings is 1. The fourth-order valence-electron chi connectivity index (χ4n) is 7.27. The van der Waals surface area contributed by atoms with Gasteiger partial charge in [0.05, 0.1) is 11.1 Å². The molecule has 3 saturated heterocycles. The maximum absolute atomic E-state index is 13.1. The summed E-state index contributed by atoms with van der Waals surface area (Å²) in [5, 5.41) is 16.2. The number of amides is 4. The summed E-state index contributed by atoms with van der Waals surface area (Å²) < 4.78 is 0. The number of phenolic OH excluding ortho intramolecular Hbond substituents is 1. The van der Waals surface area contributed by atoms with Crippen molar-refractivity contribution in [3.05, 3.63) is 41.7 Å². The van der Waals surface area contributed by atoms with E-state index in [1.165, 1.54) is 31.2 Å². The van der Waals surface area contributed by atoms with Crippen LogP contribution in [-0.4, -0.2) is 113 Å². The number of hydrogen-bond donors (Lipinski definition) is 3. The number of nitrogens with one attached hydrogen (secondary N) is 2. The number of likely N-dealkylation sites (N-methyl/N-ethyl adjacent to an activating group) is 1. The quantitative estimate of drug-likeness (QED) is 0.364. The lowest BCUT2D eigenvalue weighted by Crippen LogP contribution is -2.52. The van der Waals surface area contributed by atoms with Gasteiger partial charge in [-0.25, -0.2) is 9.97 Å². The highest BCUT2D eigenvalue weighted by Crippen LogP contribution is 2.28. The highest BCUT2D eigenvalue weighted by atomic mass is 16.3. The van der Waals surface area contributed by atoms with Gasteiger partial charge in [-0.05, 0) is 50.2 Å². The van der Waals surface area contributed by atoms with Gasteiger partial charge < -0.3 is 25.1 Å². The molecule has 6 rings (SSSR count). The second-order valence-corrected chi connectivity index (χ2v) is 13.4. The van der Waals surface area contributed by atoms with E-state index in [0.29, 0.717) is 17.4 Å². The van der Waals surface area contributed by atoms with E-state index in [4.69, 9.17) is 0 Å². The molecule has 1 unspecified atom stereocenters. The monoisotopic (exact) mass is 646 g/mol. The van der Waals surface area contributed by atoms with Crippen molar-refractivity contribution in [1.82, 2.24) is 30.4 Å². The first-order valence-electron chi connectivity index (χ1n) is 17.0. The maximum atomic E-state index is 13.1. The van der Waals surface area contributed by atoms with Crippen molar-refractivity contribution < 1.29 is 24.3 Å². The number of anilines is 2. The van der Waals surface area contributed by atoms with Crippen molar-refractivity contribution in [2.75, 3.05) is 62.7 Å². The normalized spacial score (nSPS) is 21.8. The van der Waals surface area contributed by atoms with Crippen LogP contribution in [0.5, 0.6) is 5.75 Å². The SMILES string of the molecule is CN(C(=O)c1ccc(N2CCN(CC3CCN(c4ncc(C(=O)NC5CCCCC5)cn4)CC3)CC2)cc1O)C1CCC(=O)NC1=O. The fraction of sp³-hybridized carbons (Fsp3) is 0.588. The minimum absolute atomic E-state index is 0.0824. The molecule has 1 aliphatic carbocycles. The molecular weight excluding hydrogens is 600 g/mol. The summed E-state index contributed by atoms with van der Waals surface area (Å²) in [6, 6.07) is 4.59. The van der Waals surface area contributed by atoms with Crippen LogP contribution in [0.25, 0.3) is 0 Å². The largest absolute Gasteiger partial charge is 0.507 e. The summed E-state index contributed by atoms with van der Waals surface area (Å²) in [4.78, 5) is 66.6. The average molecular weight is 647 g/mol. The number of aromatic hydroxyl groups is 1. The van der Waals surface area contributed by atoms with Gasteiger partial charge in [0.15, 0.2) is 0 Å². The molecule has 3 aliphatic heterocycles. The summed E-state index contributed by atoms with van der Waals surface area (Å²) >= 11 is 0. The Morgan fingerprint density at radius 1 is 0.936 bits per heavy atom. The van der Waals surface area contributed by atoms with E-state index in [9.17, 15) is 24.3 Å².